The zero-order valence-corrected chi connectivity index (χ0v) is 12.2. The van der Waals surface area contributed by atoms with Gasteiger partial charge in [0, 0.05) is 24.5 Å². The second-order valence-electron chi connectivity index (χ2n) is 5.64. The van der Waals surface area contributed by atoms with Gasteiger partial charge in [-0.2, -0.15) is 0 Å². The average molecular weight is 313 g/mol. The summed E-state index contributed by atoms with van der Waals surface area (Å²) in [6.45, 7) is 1.11. The minimum atomic E-state index is -1.58. The van der Waals surface area contributed by atoms with Crippen LogP contribution in [0.3, 0.4) is 0 Å². The number of carbonyl (C=O) groups is 2. The van der Waals surface area contributed by atoms with E-state index in [1.165, 1.54) is 20.1 Å². The van der Waals surface area contributed by atoms with E-state index in [0.717, 1.165) is 12.1 Å². The van der Waals surface area contributed by atoms with E-state index in [2.05, 4.69) is 5.32 Å². The monoisotopic (exact) mass is 313 g/mol. The molecular formula is C15H17F2NO4. The second kappa shape index (κ2) is 6.00. The summed E-state index contributed by atoms with van der Waals surface area (Å²) in [5.41, 5.74) is -1.70. The highest BCUT2D eigenvalue weighted by molar-refractivity contribution is 5.90. The first-order valence-corrected chi connectivity index (χ1v) is 6.78. The van der Waals surface area contributed by atoms with E-state index in [4.69, 9.17) is 4.74 Å². The first-order chi connectivity index (χ1) is 10.3. The van der Waals surface area contributed by atoms with E-state index in [1.807, 2.05) is 0 Å². The summed E-state index contributed by atoms with van der Waals surface area (Å²) in [5, 5.41) is 11.6. The molecule has 1 saturated carbocycles. The number of benzene rings is 1. The van der Waals surface area contributed by atoms with Crippen molar-refractivity contribution in [2.75, 3.05) is 13.7 Å². The first-order valence-electron chi connectivity index (χ1n) is 6.78. The van der Waals surface area contributed by atoms with Gasteiger partial charge in [-0.25, -0.2) is 13.6 Å². The lowest BCUT2D eigenvalue weighted by Gasteiger charge is -2.25. The summed E-state index contributed by atoms with van der Waals surface area (Å²) in [6, 6.07) is 3.53. The molecule has 0 heterocycles. The van der Waals surface area contributed by atoms with Crippen LogP contribution in [0.25, 0.3) is 0 Å². The zero-order chi connectivity index (χ0) is 16.5. The van der Waals surface area contributed by atoms with Crippen molar-refractivity contribution in [3.05, 3.63) is 35.4 Å². The van der Waals surface area contributed by atoms with Crippen LogP contribution < -0.4 is 5.32 Å². The lowest BCUT2D eigenvalue weighted by atomic mass is 10.0. The van der Waals surface area contributed by atoms with E-state index in [-0.39, 0.29) is 18.6 Å². The Bertz CT molecular complexity index is 587. The van der Waals surface area contributed by atoms with Gasteiger partial charge in [0.05, 0.1) is 6.61 Å². The van der Waals surface area contributed by atoms with Crippen molar-refractivity contribution in [2.45, 2.75) is 24.8 Å². The van der Waals surface area contributed by atoms with Crippen molar-refractivity contribution in [3.8, 4) is 0 Å². The fourth-order valence-corrected chi connectivity index (χ4v) is 2.47. The third-order valence-corrected chi connectivity index (χ3v) is 3.80. The predicted octanol–water partition coefficient (Wildman–Crippen LogP) is 1.67. The fraction of sp³-hybridized carbons (Fsp3) is 0.467. The Kier molecular flexibility index (Phi) is 4.46. The molecule has 0 saturated heterocycles. The molecule has 2 N–H and O–H groups in total. The van der Waals surface area contributed by atoms with E-state index < -0.39 is 40.9 Å². The average Bonchev–Trinajstić information content (AvgIpc) is 3.18. The normalized spacial score (nSPS) is 22.7. The van der Waals surface area contributed by atoms with Crippen LogP contribution in [-0.2, 0) is 14.3 Å². The minimum absolute atomic E-state index is 0.119. The van der Waals surface area contributed by atoms with Crippen molar-refractivity contribution in [2.24, 2.45) is 5.92 Å². The molecule has 3 atom stereocenters. The SMILES string of the molecule is COCC(C)(NC(=O)C1CC1c1c(F)cccc1F)C(=O)O. The highest BCUT2D eigenvalue weighted by Gasteiger charge is 2.49. The highest BCUT2D eigenvalue weighted by Crippen LogP contribution is 2.49. The number of carbonyl (C=O) groups excluding carboxylic acids is 1. The number of halogens is 2. The smallest absolute Gasteiger partial charge is 0.331 e. The molecule has 1 amide bonds. The van der Waals surface area contributed by atoms with Gasteiger partial charge in [0.2, 0.25) is 5.91 Å². The van der Waals surface area contributed by atoms with E-state index in [0.29, 0.717) is 0 Å². The number of rotatable bonds is 6. The summed E-state index contributed by atoms with van der Waals surface area (Å²) in [7, 11) is 1.32. The summed E-state index contributed by atoms with van der Waals surface area (Å²) >= 11 is 0. The number of methoxy groups -OCH3 is 1. The minimum Gasteiger partial charge on any atom is -0.479 e. The molecule has 0 radical (unpaired) electrons. The van der Waals surface area contributed by atoms with Crippen LogP contribution in [0.2, 0.25) is 0 Å². The topological polar surface area (TPSA) is 75.6 Å². The van der Waals surface area contributed by atoms with E-state index >= 15 is 0 Å². The maximum atomic E-state index is 13.7. The molecule has 2 rings (SSSR count). The van der Waals surface area contributed by atoms with Gasteiger partial charge in [0.25, 0.3) is 0 Å². The number of carboxylic acids is 1. The number of hydrogen-bond donors (Lipinski definition) is 2. The maximum absolute atomic E-state index is 13.7. The molecule has 0 aliphatic heterocycles. The molecule has 0 spiro atoms. The van der Waals surface area contributed by atoms with Crippen molar-refractivity contribution in [1.82, 2.24) is 5.32 Å². The number of carboxylic acid groups (broad SMARTS) is 1. The quantitative estimate of drug-likeness (QED) is 0.838. The van der Waals surface area contributed by atoms with Crippen LogP contribution in [0, 0.1) is 17.6 Å². The molecule has 1 aliphatic carbocycles. The van der Waals surface area contributed by atoms with Gasteiger partial charge < -0.3 is 15.2 Å². The van der Waals surface area contributed by atoms with Crippen LogP contribution in [0.4, 0.5) is 8.78 Å². The van der Waals surface area contributed by atoms with Gasteiger partial charge in [0.15, 0.2) is 5.54 Å². The van der Waals surface area contributed by atoms with E-state index in [1.54, 1.807) is 0 Å². The second-order valence-corrected chi connectivity index (χ2v) is 5.64. The van der Waals surface area contributed by atoms with Crippen LogP contribution in [0.5, 0.6) is 0 Å². The number of nitrogens with one attached hydrogen (secondary N) is 1. The number of ether oxygens (including phenoxy) is 1. The van der Waals surface area contributed by atoms with Gasteiger partial charge in [-0.05, 0) is 25.5 Å². The Morgan fingerprint density at radius 3 is 2.50 bits per heavy atom. The molecule has 7 heteroatoms. The number of aliphatic carboxylic acids is 1. The van der Waals surface area contributed by atoms with Gasteiger partial charge in [-0.1, -0.05) is 6.07 Å². The lowest BCUT2D eigenvalue weighted by molar-refractivity contribution is -0.149. The van der Waals surface area contributed by atoms with Crippen LogP contribution in [0.15, 0.2) is 18.2 Å². The van der Waals surface area contributed by atoms with Crippen molar-refractivity contribution < 1.29 is 28.2 Å². The zero-order valence-electron chi connectivity index (χ0n) is 12.2. The summed E-state index contributed by atoms with van der Waals surface area (Å²) in [6.07, 6.45) is 0.284. The van der Waals surface area contributed by atoms with Crippen LogP contribution >= 0.6 is 0 Å². The van der Waals surface area contributed by atoms with Crippen molar-refractivity contribution >= 4 is 11.9 Å². The summed E-state index contributed by atoms with van der Waals surface area (Å²) < 4.78 is 32.2. The molecule has 1 aliphatic rings. The van der Waals surface area contributed by atoms with Crippen molar-refractivity contribution in [3.63, 3.8) is 0 Å². The van der Waals surface area contributed by atoms with Gasteiger partial charge in [-0.3, -0.25) is 4.79 Å². The largest absolute Gasteiger partial charge is 0.479 e. The van der Waals surface area contributed by atoms with Crippen molar-refractivity contribution in [1.29, 1.82) is 0 Å². The third kappa shape index (κ3) is 3.09. The Labute approximate surface area is 126 Å². The molecule has 0 aromatic heterocycles. The molecule has 120 valence electrons. The third-order valence-electron chi connectivity index (χ3n) is 3.80. The molecule has 5 nitrogen and oxygen atoms in total. The standard InChI is InChI=1S/C15H17F2NO4/c1-15(7-22-2,14(20)21)18-13(19)9-6-8(9)12-10(16)4-3-5-11(12)17/h3-5,8-9H,6-7H2,1-2H3,(H,18,19)(H,20,21). The van der Waals surface area contributed by atoms with Crippen LogP contribution in [-0.4, -0.2) is 36.2 Å². The van der Waals surface area contributed by atoms with Gasteiger partial charge in [-0.15, -0.1) is 0 Å². The summed E-state index contributed by atoms with van der Waals surface area (Å²) in [4.78, 5) is 23.4. The number of amides is 1. The Morgan fingerprint density at radius 1 is 1.41 bits per heavy atom. The molecule has 1 aromatic carbocycles. The molecule has 3 unspecified atom stereocenters. The van der Waals surface area contributed by atoms with E-state index in [9.17, 15) is 23.5 Å². The highest BCUT2D eigenvalue weighted by atomic mass is 19.1. The molecular weight excluding hydrogens is 296 g/mol. The molecule has 22 heavy (non-hydrogen) atoms. The Morgan fingerprint density at radius 2 is 2.00 bits per heavy atom. The maximum Gasteiger partial charge on any atom is 0.331 e. The number of hydrogen-bond acceptors (Lipinski definition) is 3. The predicted molar refractivity (Wildman–Crippen MR) is 73.3 cm³/mol. The Balaban J connectivity index is 2.09. The molecule has 0 bridgehead atoms. The molecule has 1 aromatic rings. The fourth-order valence-electron chi connectivity index (χ4n) is 2.47. The lowest BCUT2D eigenvalue weighted by Crippen LogP contribution is -2.55. The first kappa shape index (κ1) is 16.4. The summed E-state index contributed by atoms with van der Waals surface area (Å²) in [5.74, 6) is -4.38. The van der Waals surface area contributed by atoms with Gasteiger partial charge in [0.1, 0.15) is 11.6 Å². The van der Waals surface area contributed by atoms with Gasteiger partial charge >= 0.3 is 5.97 Å². The molecule has 1 fully saturated rings. The Hall–Kier alpha value is -2.02. The van der Waals surface area contributed by atoms with Crippen LogP contribution in [0.1, 0.15) is 24.8 Å².